The SMILES string of the molecule is OCC1(NCc2csc(-c3ccc(F)cc3)n2)CCCC1. The molecular formula is C16H19FN2OS. The van der Waals surface area contributed by atoms with Crippen LogP contribution in [0.3, 0.4) is 0 Å². The molecule has 3 rings (SSSR count). The van der Waals surface area contributed by atoms with E-state index in [-0.39, 0.29) is 18.0 Å². The molecule has 0 saturated heterocycles. The summed E-state index contributed by atoms with van der Waals surface area (Å²) in [5, 5.41) is 16.0. The molecule has 0 unspecified atom stereocenters. The van der Waals surface area contributed by atoms with Crippen LogP contribution in [0.1, 0.15) is 31.4 Å². The number of benzene rings is 1. The maximum absolute atomic E-state index is 12.9. The predicted octanol–water partition coefficient (Wildman–Crippen LogP) is 3.34. The Morgan fingerprint density at radius 2 is 1.95 bits per heavy atom. The molecule has 0 radical (unpaired) electrons. The molecule has 112 valence electrons. The number of hydrogen-bond acceptors (Lipinski definition) is 4. The van der Waals surface area contributed by atoms with Gasteiger partial charge in [-0.2, -0.15) is 0 Å². The normalized spacial score (nSPS) is 17.2. The van der Waals surface area contributed by atoms with E-state index in [0.29, 0.717) is 6.54 Å². The van der Waals surface area contributed by atoms with Gasteiger partial charge in [-0.05, 0) is 37.1 Å². The average Bonchev–Trinajstić information content (AvgIpc) is 3.16. The predicted molar refractivity (Wildman–Crippen MR) is 82.6 cm³/mol. The number of aliphatic hydroxyl groups excluding tert-OH is 1. The van der Waals surface area contributed by atoms with Crippen molar-refractivity contribution in [1.29, 1.82) is 0 Å². The fourth-order valence-corrected chi connectivity index (χ4v) is 3.66. The quantitative estimate of drug-likeness (QED) is 0.890. The van der Waals surface area contributed by atoms with Crippen LogP contribution in [0.25, 0.3) is 10.6 Å². The lowest BCUT2D eigenvalue weighted by atomic mass is 9.99. The number of nitrogens with one attached hydrogen (secondary N) is 1. The first-order chi connectivity index (χ1) is 10.2. The van der Waals surface area contributed by atoms with Crippen LogP contribution in [0, 0.1) is 5.82 Å². The van der Waals surface area contributed by atoms with E-state index in [1.54, 1.807) is 23.5 Å². The van der Waals surface area contributed by atoms with Gasteiger partial charge in [0.25, 0.3) is 0 Å². The second-order valence-corrected chi connectivity index (χ2v) is 6.51. The Morgan fingerprint density at radius 3 is 2.62 bits per heavy atom. The molecule has 1 fully saturated rings. The second-order valence-electron chi connectivity index (χ2n) is 5.65. The molecule has 0 bridgehead atoms. The van der Waals surface area contributed by atoms with Crippen LogP contribution in [0.15, 0.2) is 29.6 Å². The number of thiazole rings is 1. The summed E-state index contributed by atoms with van der Waals surface area (Å²) >= 11 is 1.56. The van der Waals surface area contributed by atoms with Crippen LogP contribution in [0.5, 0.6) is 0 Å². The van der Waals surface area contributed by atoms with E-state index < -0.39 is 0 Å². The van der Waals surface area contributed by atoms with Gasteiger partial charge in [0.1, 0.15) is 10.8 Å². The maximum Gasteiger partial charge on any atom is 0.123 e. The summed E-state index contributed by atoms with van der Waals surface area (Å²) in [6, 6.07) is 6.40. The lowest BCUT2D eigenvalue weighted by Gasteiger charge is -2.27. The Hall–Kier alpha value is -1.30. The van der Waals surface area contributed by atoms with Crippen molar-refractivity contribution in [2.75, 3.05) is 6.61 Å². The number of hydrogen-bond donors (Lipinski definition) is 2. The van der Waals surface area contributed by atoms with Gasteiger partial charge in [-0.3, -0.25) is 0 Å². The Bertz CT molecular complexity index is 591. The molecule has 0 amide bonds. The number of aliphatic hydroxyl groups is 1. The van der Waals surface area contributed by atoms with Crippen LogP contribution in [0.2, 0.25) is 0 Å². The molecule has 5 heteroatoms. The first kappa shape index (κ1) is 14.6. The van der Waals surface area contributed by atoms with Crippen molar-refractivity contribution < 1.29 is 9.50 Å². The van der Waals surface area contributed by atoms with Gasteiger partial charge < -0.3 is 10.4 Å². The standard InChI is InChI=1S/C16H19FN2OS/c17-13-5-3-12(4-6-13)15-19-14(10-21-15)9-18-16(11-20)7-1-2-8-16/h3-6,10,18,20H,1-2,7-9,11H2. The topological polar surface area (TPSA) is 45.1 Å². The molecule has 1 aromatic heterocycles. The molecule has 0 spiro atoms. The summed E-state index contributed by atoms with van der Waals surface area (Å²) in [5.74, 6) is -0.233. The van der Waals surface area contributed by atoms with Crippen molar-refractivity contribution in [3.63, 3.8) is 0 Å². The zero-order valence-electron chi connectivity index (χ0n) is 11.8. The number of halogens is 1. The van der Waals surface area contributed by atoms with E-state index in [0.717, 1.165) is 29.1 Å². The fraction of sp³-hybridized carbons (Fsp3) is 0.438. The number of aromatic nitrogens is 1. The van der Waals surface area contributed by atoms with E-state index in [2.05, 4.69) is 10.3 Å². The van der Waals surface area contributed by atoms with Gasteiger partial charge in [-0.1, -0.05) is 12.8 Å². The molecule has 1 aromatic carbocycles. The maximum atomic E-state index is 12.9. The van der Waals surface area contributed by atoms with Gasteiger partial charge in [0.15, 0.2) is 0 Å². The van der Waals surface area contributed by atoms with Crippen molar-refractivity contribution in [3.8, 4) is 10.6 Å². The molecule has 0 atom stereocenters. The van der Waals surface area contributed by atoms with Crippen molar-refractivity contribution in [2.45, 2.75) is 37.8 Å². The molecule has 1 saturated carbocycles. The Balaban J connectivity index is 1.66. The molecule has 2 aromatic rings. The lowest BCUT2D eigenvalue weighted by Crippen LogP contribution is -2.45. The van der Waals surface area contributed by atoms with Crippen molar-refractivity contribution in [1.82, 2.24) is 10.3 Å². The second kappa shape index (κ2) is 6.22. The van der Waals surface area contributed by atoms with Crippen LogP contribution in [-0.2, 0) is 6.54 Å². The minimum atomic E-state index is -0.233. The molecule has 1 heterocycles. The van der Waals surface area contributed by atoms with E-state index in [9.17, 15) is 9.50 Å². The molecule has 1 aliphatic rings. The largest absolute Gasteiger partial charge is 0.394 e. The third-order valence-electron chi connectivity index (χ3n) is 4.15. The summed E-state index contributed by atoms with van der Waals surface area (Å²) in [5.41, 5.74) is 1.78. The lowest BCUT2D eigenvalue weighted by molar-refractivity contribution is 0.162. The Morgan fingerprint density at radius 1 is 1.24 bits per heavy atom. The van der Waals surface area contributed by atoms with E-state index in [1.165, 1.54) is 25.0 Å². The number of nitrogens with zero attached hydrogens (tertiary/aromatic N) is 1. The fourth-order valence-electron chi connectivity index (χ4n) is 2.83. The first-order valence-electron chi connectivity index (χ1n) is 7.27. The Labute approximate surface area is 127 Å². The van der Waals surface area contributed by atoms with Crippen LogP contribution >= 0.6 is 11.3 Å². The Kier molecular flexibility index (Phi) is 4.33. The zero-order valence-corrected chi connectivity index (χ0v) is 12.6. The molecule has 1 aliphatic carbocycles. The minimum absolute atomic E-state index is 0.125. The highest BCUT2D eigenvalue weighted by atomic mass is 32.1. The third kappa shape index (κ3) is 3.31. The monoisotopic (exact) mass is 306 g/mol. The summed E-state index contributed by atoms with van der Waals surface area (Å²) in [4.78, 5) is 4.59. The molecule has 3 nitrogen and oxygen atoms in total. The highest BCUT2D eigenvalue weighted by Crippen LogP contribution is 2.30. The van der Waals surface area contributed by atoms with Gasteiger partial charge in [0.2, 0.25) is 0 Å². The zero-order chi connectivity index (χ0) is 14.7. The van der Waals surface area contributed by atoms with Crippen LogP contribution in [-0.4, -0.2) is 22.2 Å². The van der Waals surface area contributed by atoms with Crippen molar-refractivity contribution in [3.05, 3.63) is 41.2 Å². The van der Waals surface area contributed by atoms with E-state index in [4.69, 9.17) is 0 Å². The van der Waals surface area contributed by atoms with E-state index in [1.807, 2.05) is 5.38 Å². The van der Waals surface area contributed by atoms with Crippen LogP contribution in [0.4, 0.5) is 4.39 Å². The van der Waals surface area contributed by atoms with Gasteiger partial charge in [0, 0.05) is 23.0 Å². The molecule has 21 heavy (non-hydrogen) atoms. The van der Waals surface area contributed by atoms with E-state index >= 15 is 0 Å². The number of rotatable bonds is 5. The highest BCUT2D eigenvalue weighted by Gasteiger charge is 2.32. The summed E-state index contributed by atoms with van der Waals surface area (Å²) in [6.07, 6.45) is 4.40. The van der Waals surface area contributed by atoms with Gasteiger partial charge >= 0.3 is 0 Å². The molecule has 0 aliphatic heterocycles. The summed E-state index contributed by atoms with van der Waals surface area (Å²) in [6.45, 7) is 0.847. The smallest absolute Gasteiger partial charge is 0.123 e. The van der Waals surface area contributed by atoms with Gasteiger partial charge in [-0.15, -0.1) is 11.3 Å². The average molecular weight is 306 g/mol. The third-order valence-corrected chi connectivity index (χ3v) is 5.09. The molecule has 2 N–H and O–H groups in total. The van der Waals surface area contributed by atoms with Gasteiger partial charge in [-0.25, -0.2) is 9.37 Å². The minimum Gasteiger partial charge on any atom is -0.394 e. The first-order valence-corrected chi connectivity index (χ1v) is 8.15. The van der Waals surface area contributed by atoms with Crippen molar-refractivity contribution >= 4 is 11.3 Å². The summed E-state index contributed by atoms with van der Waals surface area (Å²) in [7, 11) is 0. The molecular weight excluding hydrogens is 287 g/mol. The highest BCUT2D eigenvalue weighted by molar-refractivity contribution is 7.13. The van der Waals surface area contributed by atoms with Gasteiger partial charge in [0.05, 0.1) is 12.3 Å². The van der Waals surface area contributed by atoms with Crippen LogP contribution < -0.4 is 5.32 Å². The summed E-state index contributed by atoms with van der Waals surface area (Å²) < 4.78 is 12.9. The van der Waals surface area contributed by atoms with Crippen molar-refractivity contribution in [2.24, 2.45) is 0 Å².